The monoisotopic (exact) mass is 534 g/mol. The molecular formula is C25H26N8O6. The van der Waals surface area contributed by atoms with E-state index in [9.17, 15) is 24.0 Å². The van der Waals surface area contributed by atoms with Gasteiger partial charge in [0.05, 0.1) is 17.8 Å². The Morgan fingerprint density at radius 2 is 1.90 bits per heavy atom. The fraction of sp³-hybridized carbons (Fsp3) is 0.320. The van der Waals surface area contributed by atoms with E-state index in [4.69, 9.17) is 4.42 Å². The Balaban J connectivity index is 1.26. The molecule has 1 saturated heterocycles. The van der Waals surface area contributed by atoms with Gasteiger partial charge in [0.2, 0.25) is 11.8 Å². The highest BCUT2D eigenvalue weighted by atomic mass is 16.4. The highest BCUT2D eigenvalue weighted by molar-refractivity contribution is 6.00. The summed E-state index contributed by atoms with van der Waals surface area (Å²) < 4.78 is 7.77. The van der Waals surface area contributed by atoms with Crippen LogP contribution in [0.1, 0.15) is 40.4 Å². The molecule has 14 nitrogen and oxygen atoms in total. The zero-order valence-electron chi connectivity index (χ0n) is 21.4. The number of rotatable bonds is 7. The van der Waals surface area contributed by atoms with Crippen molar-refractivity contribution < 1.29 is 23.6 Å². The lowest BCUT2D eigenvalue weighted by molar-refractivity contribution is -0.136. The molecule has 5 rings (SSSR count). The van der Waals surface area contributed by atoms with Crippen molar-refractivity contribution in [2.45, 2.75) is 32.5 Å². The Bertz CT molecular complexity index is 1680. The topological polar surface area (TPSA) is 173 Å². The van der Waals surface area contributed by atoms with Gasteiger partial charge in [-0.1, -0.05) is 6.07 Å². The second kappa shape index (κ2) is 10.0. The lowest BCUT2D eigenvalue weighted by Gasteiger charge is -2.39. The Morgan fingerprint density at radius 1 is 1.13 bits per heavy atom. The smallest absolute Gasteiger partial charge is 0.408 e. The van der Waals surface area contributed by atoms with Gasteiger partial charge in [-0.25, -0.2) is 14.3 Å². The molecule has 3 N–H and O–H groups in total. The van der Waals surface area contributed by atoms with E-state index in [2.05, 4.69) is 26.0 Å². The Kier molecular flexibility index (Phi) is 6.60. The minimum atomic E-state index is -0.881. The Hall–Kier alpha value is -5.01. The summed E-state index contributed by atoms with van der Waals surface area (Å²) in [6.45, 7) is 3.99. The normalized spacial score (nSPS) is 14.2. The van der Waals surface area contributed by atoms with Crippen LogP contribution in [0, 0.1) is 0 Å². The van der Waals surface area contributed by atoms with Crippen LogP contribution in [-0.4, -0.2) is 72.9 Å². The lowest BCUT2D eigenvalue weighted by atomic mass is 10.1. The van der Waals surface area contributed by atoms with Gasteiger partial charge in [-0.3, -0.25) is 23.7 Å². The van der Waals surface area contributed by atoms with Gasteiger partial charge in [-0.05, 0) is 24.6 Å². The van der Waals surface area contributed by atoms with Crippen molar-refractivity contribution in [2.75, 3.05) is 13.1 Å². The number of benzene rings is 1. The van der Waals surface area contributed by atoms with Crippen LogP contribution < -0.4 is 21.7 Å². The molecule has 4 heterocycles. The standard InChI is InChI=1S/C25H26N8O6/c1-13(22(35)29-16-11-32(12-16)14(2)34)28-24(37)19-9-17(30-21-6-7-27-33(19)21)23(36)26-10-15-4-5-20-18(8-15)31(3)25(38)39-20/h4-9,13,16H,10-12H2,1-3H3,(H,26,36)(H,28,37)(H,29,35)/t13-/m0/s1. The molecule has 202 valence electrons. The molecule has 39 heavy (non-hydrogen) atoms. The number of nitrogens with one attached hydrogen (secondary N) is 3. The summed E-state index contributed by atoms with van der Waals surface area (Å²) in [6.07, 6.45) is 1.44. The van der Waals surface area contributed by atoms with Gasteiger partial charge >= 0.3 is 5.76 Å². The molecule has 1 atom stereocenters. The number of hydrogen-bond donors (Lipinski definition) is 3. The van der Waals surface area contributed by atoms with Gasteiger partial charge in [-0.2, -0.15) is 5.10 Å². The number of aryl methyl sites for hydroxylation is 1. The summed E-state index contributed by atoms with van der Waals surface area (Å²) in [7, 11) is 1.59. The van der Waals surface area contributed by atoms with E-state index in [0.29, 0.717) is 24.2 Å². The van der Waals surface area contributed by atoms with Crippen LogP contribution in [0.2, 0.25) is 0 Å². The van der Waals surface area contributed by atoms with E-state index in [0.717, 1.165) is 5.56 Å². The van der Waals surface area contributed by atoms with Crippen LogP contribution in [0.3, 0.4) is 0 Å². The second-order valence-corrected chi connectivity index (χ2v) is 9.36. The molecule has 4 aromatic rings. The molecule has 3 aromatic heterocycles. The number of hydrogen-bond acceptors (Lipinski definition) is 8. The summed E-state index contributed by atoms with van der Waals surface area (Å²) >= 11 is 0. The fourth-order valence-corrected chi connectivity index (χ4v) is 4.24. The summed E-state index contributed by atoms with van der Waals surface area (Å²) in [5.74, 6) is -2.08. The number of oxazole rings is 1. The Morgan fingerprint density at radius 3 is 2.64 bits per heavy atom. The van der Waals surface area contributed by atoms with E-state index in [1.54, 1.807) is 36.2 Å². The molecule has 0 radical (unpaired) electrons. The largest absolute Gasteiger partial charge is 0.419 e. The number of fused-ring (bicyclic) bond motifs is 2. The quantitative estimate of drug-likeness (QED) is 0.286. The highest BCUT2D eigenvalue weighted by Crippen LogP contribution is 2.15. The van der Waals surface area contributed by atoms with Gasteiger partial charge in [0.15, 0.2) is 11.2 Å². The minimum Gasteiger partial charge on any atom is -0.408 e. The molecule has 0 bridgehead atoms. The summed E-state index contributed by atoms with van der Waals surface area (Å²) in [5.41, 5.74) is 2.05. The summed E-state index contributed by atoms with van der Waals surface area (Å²) in [5, 5.41) is 12.3. The van der Waals surface area contributed by atoms with Crippen molar-refractivity contribution in [3.05, 3.63) is 64.0 Å². The van der Waals surface area contributed by atoms with Crippen LogP contribution in [0.15, 0.2) is 45.7 Å². The molecular weight excluding hydrogens is 508 g/mol. The number of amides is 4. The molecule has 0 spiro atoms. The van der Waals surface area contributed by atoms with Crippen LogP contribution in [0.5, 0.6) is 0 Å². The summed E-state index contributed by atoms with van der Waals surface area (Å²) in [4.78, 5) is 67.5. The average Bonchev–Trinajstić information content (AvgIpc) is 3.47. The van der Waals surface area contributed by atoms with Crippen molar-refractivity contribution in [3.63, 3.8) is 0 Å². The van der Waals surface area contributed by atoms with Crippen LogP contribution in [0.25, 0.3) is 16.7 Å². The zero-order chi connectivity index (χ0) is 27.8. The third-order valence-electron chi connectivity index (χ3n) is 6.55. The molecule has 4 amide bonds. The average molecular weight is 535 g/mol. The van der Waals surface area contributed by atoms with Gasteiger partial charge in [0.25, 0.3) is 11.8 Å². The number of carbonyl (C=O) groups is 4. The predicted molar refractivity (Wildman–Crippen MR) is 137 cm³/mol. The molecule has 0 aliphatic carbocycles. The number of nitrogens with zero attached hydrogens (tertiary/aromatic N) is 5. The van der Waals surface area contributed by atoms with Crippen molar-refractivity contribution in [3.8, 4) is 0 Å². The molecule has 0 unspecified atom stereocenters. The predicted octanol–water partition coefficient (Wildman–Crippen LogP) is -0.431. The SMILES string of the molecule is CC(=O)N1CC(NC(=O)[C@H](C)NC(=O)c2cc(C(=O)NCc3ccc4oc(=O)n(C)c4c3)nc3ccnn23)C1. The fourth-order valence-electron chi connectivity index (χ4n) is 4.24. The van der Waals surface area contributed by atoms with Crippen molar-refractivity contribution in [1.29, 1.82) is 0 Å². The van der Waals surface area contributed by atoms with E-state index >= 15 is 0 Å². The van der Waals surface area contributed by atoms with Crippen LogP contribution in [-0.2, 0) is 23.2 Å². The molecule has 1 aliphatic rings. The number of carbonyl (C=O) groups excluding carboxylic acids is 4. The Labute approximate surface area is 221 Å². The maximum atomic E-state index is 13.1. The van der Waals surface area contributed by atoms with E-state index in [1.807, 2.05) is 0 Å². The van der Waals surface area contributed by atoms with Crippen molar-refractivity contribution >= 4 is 40.4 Å². The van der Waals surface area contributed by atoms with Crippen LogP contribution in [0.4, 0.5) is 0 Å². The molecule has 1 aromatic carbocycles. The first-order valence-corrected chi connectivity index (χ1v) is 12.2. The van der Waals surface area contributed by atoms with Gasteiger partial charge in [0, 0.05) is 45.7 Å². The van der Waals surface area contributed by atoms with E-state index in [-0.39, 0.29) is 35.5 Å². The molecule has 14 heteroatoms. The molecule has 1 fully saturated rings. The van der Waals surface area contributed by atoms with E-state index < -0.39 is 29.5 Å². The van der Waals surface area contributed by atoms with Crippen LogP contribution >= 0.6 is 0 Å². The third kappa shape index (κ3) is 5.08. The lowest BCUT2D eigenvalue weighted by Crippen LogP contribution is -2.62. The first-order valence-electron chi connectivity index (χ1n) is 12.2. The van der Waals surface area contributed by atoms with Gasteiger partial charge < -0.3 is 25.3 Å². The minimum absolute atomic E-state index is 0.0131. The number of likely N-dealkylation sites (tertiary alicyclic amines) is 1. The zero-order valence-corrected chi connectivity index (χ0v) is 21.4. The van der Waals surface area contributed by atoms with Gasteiger partial charge in [-0.15, -0.1) is 0 Å². The number of aromatic nitrogens is 4. The highest BCUT2D eigenvalue weighted by Gasteiger charge is 2.31. The van der Waals surface area contributed by atoms with Crippen molar-refractivity contribution in [1.82, 2.24) is 40.0 Å². The summed E-state index contributed by atoms with van der Waals surface area (Å²) in [6, 6.07) is 6.91. The molecule has 1 aliphatic heterocycles. The second-order valence-electron chi connectivity index (χ2n) is 9.36. The van der Waals surface area contributed by atoms with E-state index in [1.165, 1.54) is 35.2 Å². The van der Waals surface area contributed by atoms with Gasteiger partial charge in [0.1, 0.15) is 17.4 Å². The first kappa shape index (κ1) is 25.6. The maximum absolute atomic E-state index is 13.1. The van der Waals surface area contributed by atoms with Crippen molar-refractivity contribution in [2.24, 2.45) is 7.05 Å². The molecule has 0 saturated carbocycles. The third-order valence-corrected chi connectivity index (χ3v) is 6.55. The maximum Gasteiger partial charge on any atom is 0.419 e. The first-order chi connectivity index (χ1) is 18.6.